The summed E-state index contributed by atoms with van der Waals surface area (Å²) in [6.07, 6.45) is 8.96. The van der Waals surface area contributed by atoms with Gasteiger partial charge in [0.1, 0.15) is 5.84 Å². The van der Waals surface area contributed by atoms with Crippen molar-refractivity contribution in [2.24, 2.45) is 22.2 Å². The summed E-state index contributed by atoms with van der Waals surface area (Å²) in [5.74, 6) is 1.18. The highest BCUT2D eigenvalue weighted by Gasteiger charge is 2.23. The van der Waals surface area contributed by atoms with Gasteiger partial charge in [-0.3, -0.25) is 0 Å². The third-order valence-electron chi connectivity index (χ3n) is 4.60. The van der Waals surface area contributed by atoms with Gasteiger partial charge in [-0.2, -0.15) is 0 Å². The molecular formula is C15H31N3O. The maximum atomic E-state index is 8.73. The second-order valence-corrected chi connectivity index (χ2v) is 6.61. The average Bonchev–Trinajstić information content (AvgIpc) is 2.43. The summed E-state index contributed by atoms with van der Waals surface area (Å²) in [4.78, 5) is 0. The van der Waals surface area contributed by atoms with E-state index in [2.05, 4.69) is 17.4 Å². The Labute approximate surface area is 117 Å². The molecule has 1 unspecified atom stereocenters. The van der Waals surface area contributed by atoms with Gasteiger partial charge in [0.25, 0.3) is 0 Å². The second-order valence-electron chi connectivity index (χ2n) is 6.61. The fourth-order valence-electron chi connectivity index (χ4n) is 2.92. The van der Waals surface area contributed by atoms with Crippen LogP contribution in [0.5, 0.6) is 0 Å². The van der Waals surface area contributed by atoms with Crippen molar-refractivity contribution >= 4 is 5.84 Å². The molecule has 0 radical (unpaired) electrons. The lowest BCUT2D eigenvalue weighted by atomic mass is 9.84. The molecule has 0 amide bonds. The van der Waals surface area contributed by atoms with Crippen LogP contribution in [0.1, 0.15) is 65.7 Å². The summed E-state index contributed by atoms with van der Waals surface area (Å²) in [7, 11) is 0. The zero-order chi connectivity index (χ0) is 14.3. The number of amidine groups is 1. The first-order valence-electron chi connectivity index (χ1n) is 7.69. The molecule has 0 bridgehead atoms. The number of oxime groups is 1. The molecule has 19 heavy (non-hydrogen) atoms. The van der Waals surface area contributed by atoms with Gasteiger partial charge in [-0.05, 0) is 45.1 Å². The molecule has 1 aliphatic rings. The van der Waals surface area contributed by atoms with Crippen LogP contribution in [0.25, 0.3) is 0 Å². The Morgan fingerprint density at radius 1 is 1.37 bits per heavy atom. The van der Waals surface area contributed by atoms with Crippen LogP contribution in [-0.2, 0) is 0 Å². The fraction of sp³-hybridized carbons (Fsp3) is 0.933. The Balaban J connectivity index is 2.19. The smallest absolute Gasteiger partial charge is 0.144 e. The molecule has 1 saturated carbocycles. The zero-order valence-corrected chi connectivity index (χ0v) is 12.8. The molecule has 1 rings (SSSR count). The summed E-state index contributed by atoms with van der Waals surface area (Å²) < 4.78 is 0. The summed E-state index contributed by atoms with van der Waals surface area (Å²) in [6.45, 7) is 7.36. The third-order valence-corrected chi connectivity index (χ3v) is 4.60. The van der Waals surface area contributed by atoms with Gasteiger partial charge in [0, 0.05) is 11.5 Å². The van der Waals surface area contributed by atoms with Crippen LogP contribution >= 0.6 is 0 Å². The quantitative estimate of drug-likeness (QED) is 0.219. The van der Waals surface area contributed by atoms with Gasteiger partial charge in [-0.25, -0.2) is 0 Å². The van der Waals surface area contributed by atoms with Crippen LogP contribution in [0.3, 0.4) is 0 Å². The number of nitrogens with two attached hydrogens (primary N) is 1. The second kappa shape index (κ2) is 7.73. The minimum absolute atomic E-state index is 0.218. The Kier molecular flexibility index (Phi) is 6.63. The molecular weight excluding hydrogens is 238 g/mol. The topological polar surface area (TPSA) is 70.6 Å². The van der Waals surface area contributed by atoms with Gasteiger partial charge < -0.3 is 16.3 Å². The largest absolute Gasteiger partial charge is 0.409 e. The third kappa shape index (κ3) is 5.39. The zero-order valence-electron chi connectivity index (χ0n) is 12.8. The van der Waals surface area contributed by atoms with E-state index >= 15 is 0 Å². The van der Waals surface area contributed by atoms with Gasteiger partial charge in [-0.1, -0.05) is 38.3 Å². The standard InChI is InChI=1S/C15H31N3O/c1-12(13-8-5-4-6-9-13)17-11-7-10-15(2,3)14(16)18-19/h12-13,17,19H,4-11H2,1-3H3,(H2,16,18). The number of nitrogens with one attached hydrogen (secondary N) is 1. The summed E-state index contributed by atoms with van der Waals surface area (Å²) in [5, 5.41) is 15.5. The van der Waals surface area contributed by atoms with Gasteiger partial charge in [0.15, 0.2) is 0 Å². The number of hydrogen-bond donors (Lipinski definition) is 3. The molecule has 0 aromatic heterocycles. The summed E-state index contributed by atoms with van der Waals surface area (Å²) >= 11 is 0. The molecule has 4 nitrogen and oxygen atoms in total. The first-order valence-corrected chi connectivity index (χ1v) is 7.69. The summed E-state index contributed by atoms with van der Waals surface area (Å²) in [5.41, 5.74) is 5.47. The van der Waals surface area contributed by atoms with Crippen LogP contribution in [-0.4, -0.2) is 23.6 Å². The van der Waals surface area contributed by atoms with Crippen molar-refractivity contribution < 1.29 is 5.21 Å². The molecule has 4 N–H and O–H groups in total. The van der Waals surface area contributed by atoms with E-state index in [-0.39, 0.29) is 5.41 Å². The first-order chi connectivity index (χ1) is 8.97. The lowest BCUT2D eigenvalue weighted by Gasteiger charge is -2.29. The highest BCUT2D eigenvalue weighted by molar-refractivity contribution is 5.85. The Morgan fingerprint density at radius 3 is 2.58 bits per heavy atom. The van der Waals surface area contributed by atoms with Crippen molar-refractivity contribution in [1.82, 2.24) is 5.32 Å². The molecule has 1 fully saturated rings. The highest BCUT2D eigenvalue weighted by Crippen LogP contribution is 2.26. The van der Waals surface area contributed by atoms with Crippen LogP contribution in [0.4, 0.5) is 0 Å². The average molecular weight is 269 g/mol. The van der Waals surface area contributed by atoms with Gasteiger partial charge >= 0.3 is 0 Å². The summed E-state index contributed by atoms with van der Waals surface area (Å²) in [6, 6.07) is 0.618. The van der Waals surface area contributed by atoms with Crippen molar-refractivity contribution in [3.05, 3.63) is 0 Å². The predicted molar refractivity (Wildman–Crippen MR) is 80.5 cm³/mol. The molecule has 1 aliphatic carbocycles. The van der Waals surface area contributed by atoms with Crippen molar-refractivity contribution in [3.63, 3.8) is 0 Å². The fourth-order valence-corrected chi connectivity index (χ4v) is 2.92. The van der Waals surface area contributed by atoms with Crippen LogP contribution < -0.4 is 11.1 Å². The van der Waals surface area contributed by atoms with Crippen LogP contribution in [0.15, 0.2) is 5.16 Å². The van der Waals surface area contributed by atoms with Crippen molar-refractivity contribution in [2.75, 3.05) is 6.54 Å². The van der Waals surface area contributed by atoms with E-state index in [0.717, 1.165) is 25.3 Å². The SMILES string of the molecule is CC(NCCCC(C)(C)C(N)=NO)C1CCCCC1. The normalized spacial score (nSPS) is 20.5. The van der Waals surface area contributed by atoms with E-state index in [1.54, 1.807) is 0 Å². The maximum absolute atomic E-state index is 8.73. The molecule has 0 aromatic carbocycles. The van der Waals surface area contributed by atoms with E-state index < -0.39 is 0 Å². The predicted octanol–water partition coefficient (Wildman–Crippen LogP) is 3.10. The Hall–Kier alpha value is -0.770. The molecule has 1 atom stereocenters. The van der Waals surface area contributed by atoms with Gasteiger partial charge in [-0.15, -0.1) is 0 Å². The molecule has 0 aliphatic heterocycles. The Bertz CT molecular complexity index is 283. The molecule has 0 aromatic rings. The van der Waals surface area contributed by atoms with E-state index in [1.165, 1.54) is 32.1 Å². The van der Waals surface area contributed by atoms with E-state index in [0.29, 0.717) is 11.9 Å². The van der Waals surface area contributed by atoms with Crippen molar-refractivity contribution in [3.8, 4) is 0 Å². The highest BCUT2D eigenvalue weighted by atomic mass is 16.4. The molecule has 112 valence electrons. The van der Waals surface area contributed by atoms with Crippen molar-refractivity contribution in [2.45, 2.75) is 71.8 Å². The molecule has 0 saturated heterocycles. The lowest BCUT2D eigenvalue weighted by molar-refractivity contribution is 0.277. The van der Waals surface area contributed by atoms with Crippen molar-refractivity contribution in [1.29, 1.82) is 0 Å². The monoisotopic (exact) mass is 269 g/mol. The minimum Gasteiger partial charge on any atom is -0.409 e. The van der Waals surface area contributed by atoms with E-state index in [4.69, 9.17) is 10.9 Å². The van der Waals surface area contributed by atoms with Gasteiger partial charge in [0.2, 0.25) is 0 Å². The van der Waals surface area contributed by atoms with Crippen LogP contribution in [0.2, 0.25) is 0 Å². The maximum Gasteiger partial charge on any atom is 0.144 e. The van der Waals surface area contributed by atoms with Crippen LogP contribution in [0, 0.1) is 11.3 Å². The minimum atomic E-state index is -0.218. The van der Waals surface area contributed by atoms with Gasteiger partial charge in [0.05, 0.1) is 0 Å². The number of nitrogens with zero attached hydrogens (tertiary/aromatic N) is 1. The van der Waals surface area contributed by atoms with E-state index in [1.807, 2.05) is 13.8 Å². The van der Waals surface area contributed by atoms with E-state index in [9.17, 15) is 0 Å². The number of hydrogen-bond acceptors (Lipinski definition) is 3. The molecule has 0 spiro atoms. The molecule has 4 heteroatoms. The lowest BCUT2D eigenvalue weighted by Crippen LogP contribution is -2.36. The number of rotatable bonds is 7. The Morgan fingerprint density at radius 2 is 2.00 bits per heavy atom. The molecule has 0 heterocycles. The first kappa shape index (κ1) is 16.3.